The Labute approximate surface area is 119 Å². The maximum atomic E-state index is 12.6. The van der Waals surface area contributed by atoms with E-state index < -0.39 is 15.6 Å². The average Bonchev–Trinajstić information content (AvgIpc) is 2.46. The van der Waals surface area contributed by atoms with Gasteiger partial charge in [0.15, 0.2) is 0 Å². The summed E-state index contributed by atoms with van der Waals surface area (Å²) >= 11 is 0. The topological polar surface area (TPSA) is 85.1 Å². The van der Waals surface area contributed by atoms with Gasteiger partial charge in [0.1, 0.15) is 0 Å². The van der Waals surface area contributed by atoms with Crippen LogP contribution in [0.4, 0.5) is 0 Å². The van der Waals surface area contributed by atoms with E-state index in [1.165, 1.54) is 0 Å². The van der Waals surface area contributed by atoms with Crippen LogP contribution in [0.5, 0.6) is 0 Å². The van der Waals surface area contributed by atoms with Gasteiger partial charge in [-0.2, -0.15) is 0 Å². The van der Waals surface area contributed by atoms with Crippen molar-refractivity contribution in [2.45, 2.75) is 30.7 Å². The Kier molecular flexibility index (Phi) is 4.08. The fraction of sp³-hybridized carbons (Fsp3) is 0.357. The first kappa shape index (κ1) is 14.9. The van der Waals surface area contributed by atoms with Crippen molar-refractivity contribution >= 4 is 20.9 Å². The van der Waals surface area contributed by atoms with E-state index in [2.05, 4.69) is 9.71 Å². The molecule has 1 heterocycles. The predicted molar refractivity (Wildman–Crippen MR) is 79.8 cm³/mol. The Morgan fingerprint density at radius 2 is 2.05 bits per heavy atom. The lowest BCUT2D eigenvalue weighted by Gasteiger charge is -2.27. The lowest BCUT2D eigenvalue weighted by molar-refractivity contribution is 0.411. The molecule has 0 bridgehead atoms. The number of sulfonamides is 1. The van der Waals surface area contributed by atoms with Gasteiger partial charge in [-0.1, -0.05) is 13.0 Å². The van der Waals surface area contributed by atoms with Crippen LogP contribution in [-0.2, 0) is 10.0 Å². The van der Waals surface area contributed by atoms with Crippen LogP contribution in [0.2, 0.25) is 0 Å². The second-order valence-corrected chi connectivity index (χ2v) is 6.70. The molecule has 1 aromatic carbocycles. The molecule has 0 aliphatic carbocycles. The van der Waals surface area contributed by atoms with Crippen LogP contribution in [0.1, 0.15) is 20.3 Å². The van der Waals surface area contributed by atoms with Crippen molar-refractivity contribution in [1.82, 2.24) is 9.71 Å². The largest absolute Gasteiger partial charge is 0.329 e. The van der Waals surface area contributed by atoms with Crippen LogP contribution in [0.25, 0.3) is 10.9 Å². The summed E-state index contributed by atoms with van der Waals surface area (Å²) < 4.78 is 27.9. The molecule has 2 rings (SSSR count). The number of nitrogens with one attached hydrogen (secondary N) is 1. The molecular weight excluding hydrogens is 274 g/mol. The molecule has 108 valence electrons. The number of nitrogens with two attached hydrogens (primary N) is 1. The van der Waals surface area contributed by atoms with Gasteiger partial charge in [0, 0.05) is 23.7 Å². The van der Waals surface area contributed by atoms with Gasteiger partial charge in [0.2, 0.25) is 10.0 Å². The number of aromatic nitrogens is 1. The Morgan fingerprint density at radius 3 is 2.70 bits per heavy atom. The van der Waals surface area contributed by atoms with Gasteiger partial charge in [0.05, 0.1) is 10.4 Å². The van der Waals surface area contributed by atoms with Gasteiger partial charge in [-0.15, -0.1) is 0 Å². The van der Waals surface area contributed by atoms with Crippen LogP contribution in [0.3, 0.4) is 0 Å². The highest BCUT2D eigenvalue weighted by Gasteiger charge is 2.28. The van der Waals surface area contributed by atoms with Gasteiger partial charge < -0.3 is 5.73 Å². The number of hydrogen-bond acceptors (Lipinski definition) is 4. The van der Waals surface area contributed by atoms with Crippen molar-refractivity contribution < 1.29 is 8.42 Å². The zero-order chi connectivity index (χ0) is 14.8. The van der Waals surface area contributed by atoms with Crippen LogP contribution in [0, 0.1) is 0 Å². The highest BCUT2D eigenvalue weighted by atomic mass is 32.2. The molecule has 5 nitrogen and oxygen atoms in total. The lowest BCUT2D eigenvalue weighted by Crippen LogP contribution is -2.50. The zero-order valence-corrected chi connectivity index (χ0v) is 12.4. The Hall–Kier alpha value is -1.50. The van der Waals surface area contributed by atoms with E-state index in [1.54, 1.807) is 43.5 Å². The number of nitrogens with zero attached hydrogens (tertiary/aromatic N) is 1. The van der Waals surface area contributed by atoms with Crippen molar-refractivity contribution in [3.8, 4) is 0 Å². The molecule has 0 saturated heterocycles. The first-order valence-electron chi connectivity index (χ1n) is 6.50. The van der Waals surface area contributed by atoms with Crippen LogP contribution in [0.15, 0.2) is 41.4 Å². The van der Waals surface area contributed by atoms with Crippen molar-refractivity contribution in [2.75, 3.05) is 6.54 Å². The molecule has 0 saturated carbocycles. The summed E-state index contributed by atoms with van der Waals surface area (Å²) in [6.07, 6.45) is 2.26. The van der Waals surface area contributed by atoms with Crippen molar-refractivity contribution in [3.63, 3.8) is 0 Å². The minimum atomic E-state index is -3.64. The van der Waals surface area contributed by atoms with E-state index in [0.717, 1.165) is 0 Å². The predicted octanol–water partition coefficient (Wildman–Crippen LogP) is 1.64. The molecule has 6 heteroatoms. The van der Waals surface area contributed by atoms with E-state index in [9.17, 15) is 8.42 Å². The Morgan fingerprint density at radius 1 is 1.30 bits per heavy atom. The average molecular weight is 293 g/mol. The number of benzene rings is 1. The first-order chi connectivity index (χ1) is 9.42. The molecular formula is C14H19N3O2S. The molecule has 2 aromatic rings. The first-order valence-corrected chi connectivity index (χ1v) is 7.98. The molecule has 0 aliphatic heterocycles. The third-order valence-corrected chi connectivity index (χ3v) is 5.20. The summed E-state index contributed by atoms with van der Waals surface area (Å²) in [5.41, 5.74) is 5.68. The van der Waals surface area contributed by atoms with Crippen LogP contribution in [-0.4, -0.2) is 25.5 Å². The Bertz CT molecular complexity index is 704. The standard InChI is InChI=1S/C14H19N3O2S/c1-3-14(2,10-15)17-20(18,19)13-8-4-7-12-11(13)6-5-9-16-12/h4-9,17H,3,10,15H2,1-2H3. The minimum Gasteiger partial charge on any atom is -0.329 e. The van der Waals surface area contributed by atoms with Gasteiger partial charge in [0.25, 0.3) is 0 Å². The third kappa shape index (κ3) is 2.82. The highest BCUT2D eigenvalue weighted by Crippen LogP contribution is 2.23. The maximum absolute atomic E-state index is 12.6. The summed E-state index contributed by atoms with van der Waals surface area (Å²) in [6, 6.07) is 8.54. The van der Waals surface area contributed by atoms with E-state index in [4.69, 9.17) is 5.73 Å². The van der Waals surface area contributed by atoms with Crippen molar-refractivity contribution in [3.05, 3.63) is 36.5 Å². The Balaban J connectivity index is 2.53. The molecule has 1 unspecified atom stereocenters. The summed E-state index contributed by atoms with van der Waals surface area (Å²) in [4.78, 5) is 4.41. The molecule has 20 heavy (non-hydrogen) atoms. The fourth-order valence-electron chi connectivity index (χ4n) is 1.95. The molecule has 0 radical (unpaired) electrons. The van der Waals surface area contributed by atoms with Crippen molar-refractivity contribution in [2.24, 2.45) is 5.73 Å². The van der Waals surface area contributed by atoms with Crippen LogP contribution < -0.4 is 10.5 Å². The molecule has 0 spiro atoms. The SMILES string of the molecule is CCC(C)(CN)NS(=O)(=O)c1cccc2ncccc12. The van der Waals surface area contributed by atoms with Gasteiger partial charge in [-0.3, -0.25) is 4.98 Å². The zero-order valence-electron chi connectivity index (χ0n) is 11.6. The summed E-state index contributed by atoms with van der Waals surface area (Å²) in [5.74, 6) is 0. The molecule has 0 fully saturated rings. The molecule has 0 amide bonds. The second-order valence-electron chi connectivity index (χ2n) is 5.05. The molecule has 3 N–H and O–H groups in total. The van der Waals surface area contributed by atoms with Gasteiger partial charge >= 0.3 is 0 Å². The number of fused-ring (bicyclic) bond motifs is 1. The lowest BCUT2D eigenvalue weighted by atomic mass is 10.0. The second kappa shape index (κ2) is 5.47. The maximum Gasteiger partial charge on any atom is 0.241 e. The number of pyridine rings is 1. The third-order valence-electron chi connectivity index (χ3n) is 3.51. The summed E-state index contributed by atoms with van der Waals surface area (Å²) in [6.45, 7) is 3.94. The number of rotatable bonds is 5. The van der Waals surface area contributed by atoms with Crippen molar-refractivity contribution in [1.29, 1.82) is 0 Å². The van der Waals surface area contributed by atoms with E-state index >= 15 is 0 Å². The summed E-state index contributed by atoms with van der Waals surface area (Å²) in [7, 11) is -3.64. The minimum absolute atomic E-state index is 0.233. The van der Waals surface area contributed by atoms with E-state index in [0.29, 0.717) is 17.3 Å². The number of hydrogen-bond donors (Lipinski definition) is 2. The van der Waals surface area contributed by atoms with Gasteiger partial charge in [-0.25, -0.2) is 13.1 Å². The van der Waals surface area contributed by atoms with Crippen LogP contribution >= 0.6 is 0 Å². The normalized spacial score (nSPS) is 15.2. The van der Waals surface area contributed by atoms with E-state index in [-0.39, 0.29) is 11.4 Å². The monoisotopic (exact) mass is 293 g/mol. The fourth-order valence-corrected chi connectivity index (χ4v) is 3.65. The van der Waals surface area contributed by atoms with E-state index in [1.807, 2.05) is 6.92 Å². The van der Waals surface area contributed by atoms with Gasteiger partial charge in [-0.05, 0) is 37.6 Å². The molecule has 1 atom stereocenters. The smallest absolute Gasteiger partial charge is 0.241 e. The molecule has 0 aliphatic rings. The molecule has 1 aromatic heterocycles. The quantitative estimate of drug-likeness (QED) is 0.877. The summed E-state index contributed by atoms with van der Waals surface area (Å²) in [5, 5.41) is 0.609. The highest BCUT2D eigenvalue weighted by molar-refractivity contribution is 7.89.